The third-order valence-corrected chi connectivity index (χ3v) is 5.36. The minimum atomic E-state index is -3.33. The van der Waals surface area contributed by atoms with Gasteiger partial charge in [0.1, 0.15) is 0 Å². The number of carbonyl (C=O) groups excluding carboxylic acids is 1. The Hall–Kier alpha value is -0.620. The van der Waals surface area contributed by atoms with E-state index in [2.05, 4.69) is 4.74 Å². The molecule has 1 aliphatic heterocycles. The molecule has 0 spiro atoms. The second-order valence-electron chi connectivity index (χ2n) is 4.98. The van der Waals surface area contributed by atoms with Crippen molar-refractivity contribution in [3.8, 4) is 0 Å². The van der Waals surface area contributed by atoms with E-state index in [1.165, 1.54) is 11.4 Å². The Kier molecular flexibility index (Phi) is 3.64. The van der Waals surface area contributed by atoms with Gasteiger partial charge >= 0.3 is 5.97 Å². The van der Waals surface area contributed by atoms with Gasteiger partial charge in [-0.15, -0.1) is 0 Å². The average Bonchev–Trinajstić information content (AvgIpc) is 2.64. The summed E-state index contributed by atoms with van der Waals surface area (Å²) in [5.74, 6) is -0.645. The van der Waals surface area contributed by atoms with Crippen molar-refractivity contribution in [2.75, 3.05) is 20.2 Å². The van der Waals surface area contributed by atoms with Crippen molar-refractivity contribution in [1.82, 2.24) is 4.31 Å². The SMILES string of the molecule is COC(=O)C1CCN(S(=O)(=O)C(C)(C)C)C1. The van der Waals surface area contributed by atoms with Crippen LogP contribution in [0.15, 0.2) is 0 Å². The summed E-state index contributed by atoms with van der Waals surface area (Å²) in [4.78, 5) is 11.3. The van der Waals surface area contributed by atoms with Crippen LogP contribution in [0.25, 0.3) is 0 Å². The minimum absolute atomic E-state index is 0.242. The van der Waals surface area contributed by atoms with Crippen molar-refractivity contribution in [2.45, 2.75) is 31.9 Å². The highest BCUT2D eigenvalue weighted by Gasteiger charge is 2.41. The smallest absolute Gasteiger partial charge is 0.310 e. The van der Waals surface area contributed by atoms with E-state index in [-0.39, 0.29) is 18.4 Å². The molecule has 0 aromatic heterocycles. The van der Waals surface area contributed by atoms with Gasteiger partial charge in [-0.25, -0.2) is 12.7 Å². The minimum Gasteiger partial charge on any atom is -0.469 e. The molecule has 0 bridgehead atoms. The van der Waals surface area contributed by atoms with Gasteiger partial charge in [-0.1, -0.05) is 0 Å². The van der Waals surface area contributed by atoms with Crippen molar-refractivity contribution in [2.24, 2.45) is 5.92 Å². The lowest BCUT2D eigenvalue weighted by molar-refractivity contribution is -0.144. The molecule has 0 saturated carbocycles. The monoisotopic (exact) mass is 249 g/mol. The maximum atomic E-state index is 12.1. The third-order valence-electron chi connectivity index (χ3n) is 2.80. The Morgan fingerprint density at radius 3 is 2.38 bits per heavy atom. The van der Waals surface area contributed by atoms with E-state index in [9.17, 15) is 13.2 Å². The van der Waals surface area contributed by atoms with E-state index < -0.39 is 14.8 Å². The van der Waals surface area contributed by atoms with E-state index in [0.29, 0.717) is 13.0 Å². The van der Waals surface area contributed by atoms with Crippen LogP contribution in [0.2, 0.25) is 0 Å². The van der Waals surface area contributed by atoms with Crippen LogP contribution in [0.1, 0.15) is 27.2 Å². The maximum absolute atomic E-state index is 12.1. The number of rotatable bonds is 2. The van der Waals surface area contributed by atoms with E-state index >= 15 is 0 Å². The third kappa shape index (κ3) is 2.38. The van der Waals surface area contributed by atoms with Gasteiger partial charge in [-0.2, -0.15) is 0 Å². The molecule has 6 heteroatoms. The van der Waals surface area contributed by atoms with Crippen molar-refractivity contribution in [3.63, 3.8) is 0 Å². The molecule has 1 fully saturated rings. The van der Waals surface area contributed by atoms with Gasteiger partial charge in [0, 0.05) is 13.1 Å². The molecule has 1 saturated heterocycles. The molecule has 0 amide bonds. The number of hydrogen-bond donors (Lipinski definition) is 0. The van der Waals surface area contributed by atoms with Crippen LogP contribution in [0, 0.1) is 5.92 Å². The highest BCUT2D eigenvalue weighted by Crippen LogP contribution is 2.27. The number of esters is 1. The summed E-state index contributed by atoms with van der Waals surface area (Å²) in [7, 11) is -2.00. The van der Waals surface area contributed by atoms with Crippen LogP contribution in [-0.4, -0.2) is 43.6 Å². The van der Waals surface area contributed by atoms with Crippen LogP contribution < -0.4 is 0 Å². The molecule has 0 aromatic rings. The molecule has 1 rings (SSSR count). The first-order chi connectivity index (χ1) is 7.20. The average molecular weight is 249 g/mol. The first kappa shape index (κ1) is 13.4. The van der Waals surface area contributed by atoms with Crippen LogP contribution in [-0.2, 0) is 19.6 Å². The number of methoxy groups -OCH3 is 1. The van der Waals surface area contributed by atoms with Crippen LogP contribution in [0.3, 0.4) is 0 Å². The highest BCUT2D eigenvalue weighted by molar-refractivity contribution is 7.90. The Balaban J connectivity index is 2.78. The van der Waals surface area contributed by atoms with Crippen LogP contribution in [0.5, 0.6) is 0 Å². The number of ether oxygens (including phenoxy) is 1. The molecule has 1 unspecified atom stereocenters. The van der Waals surface area contributed by atoms with Crippen molar-refractivity contribution < 1.29 is 17.9 Å². The van der Waals surface area contributed by atoms with Gasteiger partial charge in [-0.05, 0) is 27.2 Å². The second kappa shape index (κ2) is 4.33. The summed E-state index contributed by atoms with van der Waals surface area (Å²) in [6.45, 7) is 5.63. The highest BCUT2D eigenvalue weighted by atomic mass is 32.2. The largest absolute Gasteiger partial charge is 0.469 e. The standard InChI is InChI=1S/C10H19NO4S/c1-10(2,3)16(13,14)11-6-5-8(7-11)9(12)15-4/h8H,5-7H2,1-4H3. The maximum Gasteiger partial charge on any atom is 0.310 e. The zero-order chi connectivity index (χ0) is 12.6. The normalized spacial score (nSPS) is 23.4. The lowest BCUT2D eigenvalue weighted by Gasteiger charge is -2.26. The number of sulfonamides is 1. The fourth-order valence-corrected chi connectivity index (χ4v) is 3.19. The van der Waals surface area contributed by atoms with Gasteiger partial charge in [0.05, 0.1) is 17.8 Å². The van der Waals surface area contributed by atoms with E-state index in [0.717, 1.165) is 0 Å². The molecule has 1 atom stereocenters. The van der Waals surface area contributed by atoms with Gasteiger partial charge in [0.2, 0.25) is 10.0 Å². The van der Waals surface area contributed by atoms with E-state index in [1.807, 2.05) is 0 Å². The van der Waals surface area contributed by atoms with Crippen LogP contribution in [0.4, 0.5) is 0 Å². The Labute approximate surface area is 96.8 Å². The molecule has 0 aliphatic carbocycles. The summed E-state index contributed by atoms with van der Waals surface area (Å²) in [5, 5.41) is 0. The molecule has 0 radical (unpaired) electrons. The molecular formula is C10H19NO4S. The Morgan fingerprint density at radius 2 is 1.94 bits per heavy atom. The molecular weight excluding hydrogens is 230 g/mol. The second-order valence-corrected chi connectivity index (χ2v) is 7.68. The van der Waals surface area contributed by atoms with E-state index in [1.54, 1.807) is 20.8 Å². The zero-order valence-corrected chi connectivity index (χ0v) is 11.0. The molecule has 5 nitrogen and oxygen atoms in total. The van der Waals surface area contributed by atoms with Crippen molar-refractivity contribution >= 4 is 16.0 Å². The zero-order valence-electron chi connectivity index (χ0n) is 10.2. The van der Waals surface area contributed by atoms with Crippen LogP contribution >= 0.6 is 0 Å². The first-order valence-electron chi connectivity index (χ1n) is 5.27. The molecule has 1 aliphatic rings. The summed E-state index contributed by atoms with van der Waals surface area (Å²) in [5.41, 5.74) is 0. The fourth-order valence-electron chi connectivity index (χ4n) is 1.69. The Bertz CT molecular complexity index is 369. The number of carbonyl (C=O) groups is 1. The summed E-state index contributed by atoms with van der Waals surface area (Å²) in [6, 6.07) is 0. The van der Waals surface area contributed by atoms with Gasteiger partial charge in [-0.3, -0.25) is 4.79 Å². The molecule has 0 aromatic carbocycles. The number of hydrogen-bond acceptors (Lipinski definition) is 4. The summed E-state index contributed by atoms with van der Waals surface area (Å²) in [6.07, 6.45) is 0.544. The molecule has 1 heterocycles. The van der Waals surface area contributed by atoms with E-state index in [4.69, 9.17) is 0 Å². The predicted octanol–water partition coefficient (Wildman–Crippen LogP) is 0.610. The molecule has 94 valence electrons. The lowest BCUT2D eigenvalue weighted by Crippen LogP contribution is -2.42. The summed E-state index contributed by atoms with van der Waals surface area (Å²) >= 11 is 0. The Morgan fingerprint density at radius 1 is 1.38 bits per heavy atom. The summed E-state index contributed by atoms with van der Waals surface area (Å²) < 4.78 is 29.4. The quantitative estimate of drug-likeness (QED) is 0.673. The van der Waals surface area contributed by atoms with Crippen molar-refractivity contribution in [3.05, 3.63) is 0 Å². The van der Waals surface area contributed by atoms with Gasteiger partial charge < -0.3 is 4.74 Å². The van der Waals surface area contributed by atoms with Crippen molar-refractivity contribution in [1.29, 1.82) is 0 Å². The van der Waals surface area contributed by atoms with Gasteiger partial charge in [0.25, 0.3) is 0 Å². The topological polar surface area (TPSA) is 63.7 Å². The first-order valence-corrected chi connectivity index (χ1v) is 6.71. The number of nitrogens with zero attached hydrogens (tertiary/aromatic N) is 1. The molecule has 16 heavy (non-hydrogen) atoms. The lowest BCUT2D eigenvalue weighted by atomic mass is 10.1. The predicted molar refractivity (Wildman–Crippen MR) is 60.4 cm³/mol. The fraction of sp³-hybridized carbons (Fsp3) is 0.900. The van der Waals surface area contributed by atoms with Gasteiger partial charge in [0.15, 0.2) is 0 Å². The molecule has 0 N–H and O–H groups in total.